The molecule has 5 nitrogen and oxygen atoms in total. The number of carbonyl (C=O) groups is 1. The second-order valence-electron chi connectivity index (χ2n) is 7.26. The summed E-state index contributed by atoms with van der Waals surface area (Å²) < 4.78 is 14.7. The van der Waals surface area contributed by atoms with Crippen LogP contribution in [-0.4, -0.2) is 32.7 Å². The molecule has 3 aromatic rings. The summed E-state index contributed by atoms with van der Waals surface area (Å²) >= 11 is 0. The third-order valence-electron chi connectivity index (χ3n) is 5.23. The minimum atomic E-state index is -0.586. The molecule has 1 amide bonds. The van der Waals surface area contributed by atoms with Crippen molar-refractivity contribution in [3.8, 4) is 17.0 Å². The van der Waals surface area contributed by atoms with Crippen LogP contribution in [0.25, 0.3) is 11.3 Å². The van der Waals surface area contributed by atoms with E-state index in [4.69, 9.17) is 0 Å². The van der Waals surface area contributed by atoms with Crippen molar-refractivity contribution in [2.45, 2.75) is 33.2 Å². The molecule has 0 radical (unpaired) electrons. The molecule has 0 saturated heterocycles. The number of aromatic hydroxyl groups is 1. The summed E-state index contributed by atoms with van der Waals surface area (Å²) in [7, 11) is 0. The van der Waals surface area contributed by atoms with Gasteiger partial charge in [-0.3, -0.25) is 9.89 Å². The van der Waals surface area contributed by atoms with Gasteiger partial charge in [-0.2, -0.15) is 5.10 Å². The van der Waals surface area contributed by atoms with Crippen LogP contribution in [0, 0.1) is 19.7 Å². The Hall–Kier alpha value is -3.15. The number of nitrogens with one attached hydrogen (secondary N) is 1. The number of fused-ring (bicyclic) bond motifs is 1. The second kappa shape index (κ2) is 6.78. The van der Waals surface area contributed by atoms with Crippen molar-refractivity contribution in [3.05, 3.63) is 70.2 Å². The Morgan fingerprint density at radius 3 is 2.71 bits per heavy atom. The summed E-state index contributed by atoms with van der Waals surface area (Å²) in [4.78, 5) is 14.7. The molecule has 1 aliphatic heterocycles. The molecule has 4 rings (SSSR count). The maximum Gasteiger partial charge on any atom is 0.273 e. The van der Waals surface area contributed by atoms with Crippen molar-refractivity contribution in [1.29, 1.82) is 0 Å². The first-order valence-electron chi connectivity index (χ1n) is 9.38. The number of phenolic OH excluding ortho intramolecular Hbond substituents is 1. The molecule has 28 heavy (non-hydrogen) atoms. The number of nitrogens with zero attached hydrogens (tertiary/aromatic N) is 2. The van der Waals surface area contributed by atoms with E-state index >= 15 is 0 Å². The van der Waals surface area contributed by atoms with E-state index in [0.29, 0.717) is 34.6 Å². The Morgan fingerprint density at radius 1 is 1.25 bits per heavy atom. The standard InChI is InChI=1S/C22H22FN3O2/c1-4-9-26-20(14-7-5-6-8-16(14)23)17-18(24-25-19(17)22(26)28)15-11-12(2)10-13(3)21(15)27/h5-8,10-11,20,27H,4,9H2,1-3H3,(H,24,25). The maximum absolute atomic E-state index is 14.7. The quantitative estimate of drug-likeness (QED) is 0.702. The third kappa shape index (κ3) is 2.68. The number of amides is 1. The van der Waals surface area contributed by atoms with E-state index in [-0.39, 0.29) is 17.5 Å². The summed E-state index contributed by atoms with van der Waals surface area (Å²) in [6.45, 7) is 6.24. The molecule has 2 heterocycles. The Bertz CT molecular complexity index is 1070. The highest BCUT2D eigenvalue weighted by molar-refractivity contribution is 6.00. The van der Waals surface area contributed by atoms with Crippen molar-refractivity contribution < 1.29 is 14.3 Å². The molecule has 0 fully saturated rings. The number of benzene rings is 2. The highest BCUT2D eigenvalue weighted by Crippen LogP contribution is 2.45. The SMILES string of the molecule is CCCN1C(=O)c2[nH]nc(-c3cc(C)cc(C)c3O)c2C1c1ccccc1F. The molecule has 0 aliphatic carbocycles. The zero-order chi connectivity index (χ0) is 20.0. The monoisotopic (exact) mass is 379 g/mol. The van der Waals surface area contributed by atoms with Gasteiger partial charge in [0.25, 0.3) is 5.91 Å². The van der Waals surface area contributed by atoms with E-state index in [1.165, 1.54) is 6.07 Å². The predicted molar refractivity (Wildman–Crippen MR) is 105 cm³/mol. The van der Waals surface area contributed by atoms with E-state index in [1.54, 1.807) is 23.1 Å². The van der Waals surface area contributed by atoms with E-state index in [2.05, 4.69) is 10.2 Å². The topological polar surface area (TPSA) is 69.2 Å². The lowest BCUT2D eigenvalue weighted by molar-refractivity contribution is 0.0742. The van der Waals surface area contributed by atoms with Crippen LogP contribution in [0.1, 0.15) is 52.1 Å². The predicted octanol–water partition coefficient (Wildman–Crippen LogP) is 4.49. The van der Waals surface area contributed by atoms with E-state index < -0.39 is 6.04 Å². The van der Waals surface area contributed by atoms with Gasteiger partial charge < -0.3 is 10.0 Å². The fraction of sp³-hybridized carbons (Fsp3) is 0.273. The van der Waals surface area contributed by atoms with Gasteiger partial charge >= 0.3 is 0 Å². The molecule has 6 heteroatoms. The molecule has 0 bridgehead atoms. The number of H-pyrrole nitrogens is 1. The average molecular weight is 379 g/mol. The van der Waals surface area contributed by atoms with Gasteiger partial charge in [0.2, 0.25) is 0 Å². The molecular weight excluding hydrogens is 357 g/mol. The van der Waals surface area contributed by atoms with Gasteiger partial charge in [0.15, 0.2) is 0 Å². The van der Waals surface area contributed by atoms with Gasteiger partial charge in [0.05, 0.1) is 6.04 Å². The number of aryl methyl sites for hydroxylation is 2. The zero-order valence-corrected chi connectivity index (χ0v) is 16.1. The molecule has 1 aromatic heterocycles. The number of halogens is 1. The highest BCUT2D eigenvalue weighted by atomic mass is 19.1. The number of aromatic nitrogens is 2. The van der Waals surface area contributed by atoms with Crippen molar-refractivity contribution in [3.63, 3.8) is 0 Å². The summed E-state index contributed by atoms with van der Waals surface area (Å²) in [5.41, 5.74) is 4.12. The molecule has 2 aromatic carbocycles. The molecule has 1 atom stereocenters. The Kier molecular flexibility index (Phi) is 4.41. The molecule has 0 saturated carbocycles. The minimum Gasteiger partial charge on any atom is -0.507 e. The summed E-state index contributed by atoms with van der Waals surface area (Å²) in [6, 6.07) is 9.63. The second-order valence-corrected chi connectivity index (χ2v) is 7.26. The van der Waals surface area contributed by atoms with Crippen LogP contribution < -0.4 is 0 Å². The first-order chi connectivity index (χ1) is 13.4. The van der Waals surface area contributed by atoms with Crippen LogP contribution in [0.15, 0.2) is 36.4 Å². The zero-order valence-electron chi connectivity index (χ0n) is 16.1. The van der Waals surface area contributed by atoms with Gasteiger partial charge in [-0.25, -0.2) is 4.39 Å². The fourth-order valence-corrected chi connectivity index (χ4v) is 4.03. The molecule has 0 spiro atoms. The van der Waals surface area contributed by atoms with E-state index in [1.807, 2.05) is 32.9 Å². The largest absolute Gasteiger partial charge is 0.507 e. The molecule has 1 unspecified atom stereocenters. The van der Waals surface area contributed by atoms with Gasteiger partial charge in [0, 0.05) is 23.2 Å². The number of hydrogen-bond acceptors (Lipinski definition) is 3. The number of rotatable bonds is 4. The van der Waals surface area contributed by atoms with Gasteiger partial charge in [-0.15, -0.1) is 0 Å². The Balaban J connectivity index is 1.97. The van der Waals surface area contributed by atoms with Crippen LogP contribution in [-0.2, 0) is 0 Å². The number of carbonyl (C=O) groups excluding carboxylic acids is 1. The Morgan fingerprint density at radius 2 is 2.00 bits per heavy atom. The first kappa shape index (κ1) is 18.2. The molecule has 1 aliphatic rings. The number of hydrogen-bond donors (Lipinski definition) is 2. The summed E-state index contributed by atoms with van der Waals surface area (Å²) in [5, 5.41) is 17.8. The molecule has 144 valence electrons. The lowest BCUT2D eigenvalue weighted by Gasteiger charge is -2.26. The summed E-state index contributed by atoms with van der Waals surface area (Å²) in [5.74, 6) is -0.452. The number of phenols is 1. The van der Waals surface area contributed by atoms with Gasteiger partial charge in [0.1, 0.15) is 23.0 Å². The van der Waals surface area contributed by atoms with Crippen LogP contribution in [0.3, 0.4) is 0 Å². The Labute approximate surface area is 162 Å². The fourth-order valence-electron chi connectivity index (χ4n) is 4.03. The number of aromatic amines is 1. The van der Waals surface area contributed by atoms with Crippen molar-refractivity contribution in [1.82, 2.24) is 15.1 Å². The lowest BCUT2D eigenvalue weighted by atomic mass is 9.94. The van der Waals surface area contributed by atoms with E-state index in [9.17, 15) is 14.3 Å². The van der Waals surface area contributed by atoms with Crippen LogP contribution in [0.4, 0.5) is 4.39 Å². The maximum atomic E-state index is 14.7. The van der Waals surface area contributed by atoms with Gasteiger partial charge in [-0.05, 0) is 43.5 Å². The minimum absolute atomic E-state index is 0.119. The van der Waals surface area contributed by atoms with E-state index in [0.717, 1.165) is 17.5 Å². The first-order valence-corrected chi connectivity index (χ1v) is 9.38. The lowest BCUT2D eigenvalue weighted by Crippen LogP contribution is -2.30. The molecule has 2 N–H and O–H groups in total. The molecular formula is C22H22FN3O2. The highest BCUT2D eigenvalue weighted by Gasteiger charge is 2.43. The van der Waals surface area contributed by atoms with Crippen LogP contribution in [0.2, 0.25) is 0 Å². The van der Waals surface area contributed by atoms with Gasteiger partial charge in [-0.1, -0.05) is 31.2 Å². The smallest absolute Gasteiger partial charge is 0.273 e. The van der Waals surface area contributed by atoms with Crippen molar-refractivity contribution >= 4 is 5.91 Å². The third-order valence-corrected chi connectivity index (χ3v) is 5.23. The van der Waals surface area contributed by atoms with Crippen LogP contribution >= 0.6 is 0 Å². The normalized spacial score (nSPS) is 15.9. The summed E-state index contributed by atoms with van der Waals surface area (Å²) in [6.07, 6.45) is 0.749. The average Bonchev–Trinajstić information content (AvgIpc) is 3.19. The van der Waals surface area contributed by atoms with Crippen molar-refractivity contribution in [2.75, 3.05) is 6.54 Å². The van der Waals surface area contributed by atoms with Crippen LogP contribution in [0.5, 0.6) is 5.75 Å². The van der Waals surface area contributed by atoms with Crippen molar-refractivity contribution in [2.24, 2.45) is 0 Å².